The van der Waals surface area contributed by atoms with Crippen LogP contribution in [0.25, 0.3) is 10.9 Å². The first-order chi connectivity index (χ1) is 12.8. The number of likely N-dealkylation sites (tertiary alicyclic amines) is 2. The van der Waals surface area contributed by atoms with Crippen molar-refractivity contribution in [2.45, 2.75) is 32.1 Å². The number of hydrogen-bond acceptors (Lipinski definition) is 3. The van der Waals surface area contributed by atoms with E-state index < -0.39 is 0 Å². The number of aromatic nitrogens is 1. The van der Waals surface area contributed by atoms with Crippen LogP contribution in [0.15, 0.2) is 36.5 Å². The van der Waals surface area contributed by atoms with Crippen LogP contribution in [-0.2, 0) is 4.79 Å². The van der Waals surface area contributed by atoms with Crippen LogP contribution in [0.3, 0.4) is 0 Å². The minimum Gasteiger partial charge on any atom is -0.302 e. The monoisotopic (exact) mass is 354 g/mol. The number of benzene rings is 1. The fourth-order valence-electron chi connectivity index (χ4n) is 4.33. The number of carbonyl (C=O) groups excluding carboxylic acids is 1. The Bertz CT molecular complexity index is 734. The summed E-state index contributed by atoms with van der Waals surface area (Å²) in [6.07, 6.45) is 8.12. The third kappa shape index (κ3) is 4.10. The lowest BCUT2D eigenvalue weighted by molar-refractivity contribution is -0.122. The normalized spacial score (nSPS) is 22.5. The Morgan fingerprint density at radius 3 is 2.62 bits per heavy atom. The lowest BCUT2D eigenvalue weighted by Crippen LogP contribution is -2.45. The molecule has 0 bridgehead atoms. The second-order valence-corrected chi connectivity index (χ2v) is 7.76. The van der Waals surface area contributed by atoms with Gasteiger partial charge in [-0.1, -0.05) is 24.6 Å². The quantitative estimate of drug-likeness (QED) is 0.898. The molecule has 0 spiro atoms. The molecule has 1 atom stereocenters. The molecule has 1 aromatic heterocycles. The zero-order chi connectivity index (χ0) is 17.8. The van der Waals surface area contributed by atoms with Gasteiger partial charge in [-0.3, -0.25) is 14.9 Å². The van der Waals surface area contributed by atoms with Gasteiger partial charge >= 0.3 is 0 Å². The Balaban J connectivity index is 1.31. The molecule has 3 heterocycles. The lowest BCUT2D eigenvalue weighted by Gasteiger charge is -2.34. The number of rotatable bonds is 5. The molecular formula is C21H30N4O. The van der Waals surface area contributed by atoms with Crippen LogP contribution in [0.2, 0.25) is 0 Å². The molecule has 0 radical (unpaired) electrons. The second-order valence-electron chi connectivity index (χ2n) is 7.76. The van der Waals surface area contributed by atoms with Crippen LogP contribution in [0.1, 0.15) is 32.1 Å². The third-order valence-corrected chi connectivity index (χ3v) is 5.89. The molecule has 1 unspecified atom stereocenters. The summed E-state index contributed by atoms with van der Waals surface area (Å²) < 4.78 is 1.87. The highest BCUT2D eigenvalue weighted by Gasteiger charge is 2.26. The lowest BCUT2D eigenvalue weighted by atomic mass is 9.97. The first-order valence-corrected chi connectivity index (χ1v) is 10.1. The minimum absolute atomic E-state index is 0.0891. The smallest absolute Gasteiger partial charge is 0.243 e. The van der Waals surface area contributed by atoms with E-state index in [-0.39, 0.29) is 11.8 Å². The highest BCUT2D eigenvalue weighted by atomic mass is 16.2. The van der Waals surface area contributed by atoms with Gasteiger partial charge in [0, 0.05) is 31.2 Å². The van der Waals surface area contributed by atoms with E-state index in [1.165, 1.54) is 32.4 Å². The molecular weight excluding hydrogens is 324 g/mol. The Morgan fingerprint density at radius 2 is 1.73 bits per heavy atom. The van der Waals surface area contributed by atoms with Crippen LogP contribution in [0, 0.1) is 5.92 Å². The van der Waals surface area contributed by atoms with Gasteiger partial charge in [-0.05, 0) is 57.5 Å². The summed E-state index contributed by atoms with van der Waals surface area (Å²) in [6, 6.07) is 10.2. The standard InChI is InChI=1S/C21H30N4O/c26-21(22-25-14-10-18-7-2-3-9-20(18)25)19-8-6-13-24(17-19)16-15-23-11-4-1-5-12-23/h2-3,7,9-10,14,19H,1,4-6,8,11-13,15-17H2,(H,22,26). The van der Waals surface area contributed by atoms with Crippen molar-refractivity contribution in [1.82, 2.24) is 14.5 Å². The second kappa shape index (κ2) is 8.23. The van der Waals surface area contributed by atoms with E-state index >= 15 is 0 Å². The van der Waals surface area contributed by atoms with Gasteiger partial charge < -0.3 is 9.80 Å². The van der Waals surface area contributed by atoms with Crippen molar-refractivity contribution in [2.75, 3.05) is 44.7 Å². The molecule has 1 aromatic carbocycles. The molecule has 5 nitrogen and oxygen atoms in total. The number of amides is 1. The van der Waals surface area contributed by atoms with Gasteiger partial charge in [0.25, 0.3) is 0 Å². The number of nitrogens with one attached hydrogen (secondary N) is 1. The molecule has 2 aliphatic rings. The molecule has 1 N–H and O–H groups in total. The number of fused-ring (bicyclic) bond motifs is 1. The first-order valence-electron chi connectivity index (χ1n) is 10.1. The average molecular weight is 354 g/mol. The Morgan fingerprint density at radius 1 is 0.962 bits per heavy atom. The van der Waals surface area contributed by atoms with E-state index in [2.05, 4.69) is 21.3 Å². The summed E-state index contributed by atoms with van der Waals surface area (Å²) in [7, 11) is 0. The van der Waals surface area contributed by atoms with Gasteiger partial charge in [-0.2, -0.15) is 0 Å². The summed E-state index contributed by atoms with van der Waals surface area (Å²) in [5.74, 6) is 0.236. The number of nitrogens with zero attached hydrogens (tertiary/aromatic N) is 3. The van der Waals surface area contributed by atoms with E-state index in [0.717, 1.165) is 49.9 Å². The van der Waals surface area contributed by atoms with Crippen molar-refractivity contribution >= 4 is 16.8 Å². The topological polar surface area (TPSA) is 40.5 Å². The molecule has 0 saturated carbocycles. The van der Waals surface area contributed by atoms with Crippen molar-refractivity contribution < 1.29 is 4.79 Å². The average Bonchev–Trinajstić information content (AvgIpc) is 3.10. The molecule has 2 saturated heterocycles. The summed E-state index contributed by atoms with van der Waals surface area (Å²) in [4.78, 5) is 17.9. The molecule has 4 rings (SSSR count). The van der Waals surface area contributed by atoms with Crippen molar-refractivity contribution in [3.63, 3.8) is 0 Å². The fourth-order valence-corrected chi connectivity index (χ4v) is 4.33. The van der Waals surface area contributed by atoms with E-state index in [4.69, 9.17) is 0 Å². The zero-order valence-electron chi connectivity index (χ0n) is 15.6. The molecule has 140 valence electrons. The van der Waals surface area contributed by atoms with Gasteiger partial charge in [-0.25, -0.2) is 0 Å². The molecule has 2 fully saturated rings. The molecule has 5 heteroatoms. The molecule has 1 amide bonds. The largest absolute Gasteiger partial charge is 0.302 e. The first kappa shape index (κ1) is 17.6. The van der Waals surface area contributed by atoms with Crippen molar-refractivity contribution in [2.24, 2.45) is 5.92 Å². The summed E-state index contributed by atoms with van der Waals surface area (Å²) in [5, 5.41) is 1.15. The van der Waals surface area contributed by atoms with Gasteiger partial charge in [0.05, 0.1) is 11.4 Å². The highest BCUT2D eigenvalue weighted by Crippen LogP contribution is 2.19. The number of piperidine rings is 2. The number of para-hydroxylation sites is 1. The van der Waals surface area contributed by atoms with Crippen molar-refractivity contribution in [1.29, 1.82) is 0 Å². The van der Waals surface area contributed by atoms with Crippen LogP contribution in [0.5, 0.6) is 0 Å². The van der Waals surface area contributed by atoms with Crippen LogP contribution in [0.4, 0.5) is 0 Å². The van der Waals surface area contributed by atoms with Gasteiger partial charge in [0.15, 0.2) is 0 Å². The molecule has 2 aromatic rings. The summed E-state index contributed by atoms with van der Waals surface area (Å²) in [5.41, 5.74) is 4.16. The maximum Gasteiger partial charge on any atom is 0.243 e. The summed E-state index contributed by atoms with van der Waals surface area (Å²) >= 11 is 0. The SMILES string of the molecule is O=C(Nn1ccc2ccccc21)C1CCCN(CCN2CCCCC2)C1. The van der Waals surface area contributed by atoms with Gasteiger partial charge in [-0.15, -0.1) is 0 Å². The van der Waals surface area contributed by atoms with Crippen molar-refractivity contribution in [3.8, 4) is 0 Å². The van der Waals surface area contributed by atoms with E-state index in [9.17, 15) is 4.79 Å². The predicted molar refractivity (Wildman–Crippen MR) is 106 cm³/mol. The van der Waals surface area contributed by atoms with Gasteiger partial charge in [0.1, 0.15) is 0 Å². The van der Waals surface area contributed by atoms with Crippen LogP contribution < -0.4 is 5.43 Å². The zero-order valence-corrected chi connectivity index (χ0v) is 15.6. The van der Waals surface area contributed by atoms with Crippen LogP contribution in [-0.4, -0.2) is 59.7 Å². The van der Waals surface area contributed by atoms with Crippen LogP contribution >= 0.6 is 0 Å². The highest BCUT2D eigenvalue weighted by molar-refractivity contribution is 5.89. The molecule has 0 aliphatic carbocycles. The van der Waals surface area contributed by atoms with E-state index in [0.29, 0.717) is 0 Å². The van der Waals surface area contributed by atoms with E-state index in [1.807, 2.05) is 35.1 Å². The Kier molecular flexibility index (Phi) is 5.56. The van der Waals surface area contributed by atoms with E-state index in [1.54, 1.807) is 0 Å². The molecule has 2 aliphatic heterocycles. The maximum absolute atomic E-state index is 12.8. The maximum atomic E-state index is 12.8. The van der Waals surface area contributed by atoms with Gasteiger partial charge in [0.2, 0.25) is 5.91 Å². The Hall–Kier alpha value is -1.85. The van der Waals surface area contributed by atoms with Crippen molar-refractivity contribution in [3.05, 3.63) is 36.5 Å². The summed E-state index contributed by atoms with van der Waals surface area (Å²) in [6.45, 7) is 6.76. The molecule has 26 heavy (non-hydrogen) atoms. The third-order valence-electron chi connectivity index (χ3n) is 5.89. The number of carbonyl (C=O) groups is 1. The number of hydrogen-bond donors (Lipinski definition) is 1. The fraction of sp³-hybridized carbons (Fsp3) is 0.571. The minimum atomic E-state index is 0.0891. The predicted octanol–water partition coefficient (Wildman–Crippen LogP) is 2.91. The Labute approximate surface area is 155 Å².